The molecule has 1 saturated heterocycles. The van der Waals surface area contributed by atoms with Crippen LogP contribution in [-0.4, -0.2) is 15.2 Å². The molecule has 4 rings (SSSR count). The van der Waals surface area contributed by atoms with E-state index in [1.807, 2.05) is 30.3 Å². The van der Waals surface area contributed by atoms with Gasteiger partial charge < -0.3 is 4.42 Å². The summed E-state index contributed by atoms with van der Waals surface area (Å²) in [5.74, 6) is 0.662. The molecule has 2 heterocycles. The minimum Gasteiger partial charge on any atom is -0.457 e. The molecule has 0 spiro atoms. The topological polar surface area (TPSA) is 76.6 Å². The Hall–Kier alpha value is -2.94. The van der Waals surface area contributed by atoms with Gasteiger partial charge in [0.15, 0.2) is 4.32 Å². The van der Waals surface area contributed by atoms with Crippen LogP contribution in [0.3, 0.4) is 0 Å². The number of nitro benzene ring substituents is 1. The predicted molar refractivity (Wildman–Crippen MR) is 118 cm³/mol. The van der Waals surface area contributed by atoms with Crippen LogP contribution in [0, 0.1) is 10.1 Å². The number of thiocarbonyl (C=S) groups is 1. The number of halogens is 1. The van der Waals surface area contributed by atoms with Crippen LogP contribution in [0.2, 0.25) is 5.02 Å². The van der Waals surface area contributed by atoms with Gasteiger partial charge in [0, 0.05) is 23.8 Å². The van der Waals surface area contributed by atoms with Gasteiger partial charge in [-0.3, -0.25) is 19.8 Å². The summed E-state index contributed by atoms with van der Waals surface area (Å²) in [6, 6.07) is 16.7. The summed E-state index contributed by atoms with van der Waals surface area (Å²) in [5.41, 5.74) is 1.13. The molecule has 1 fully saturated rings. The van der Waals surface area contributed by atoms with Crippen LogP contribution < -0.4 is 4.90 Å². The minimum atomic E-state index is -0.516. The second-order valence-electron chi connectivity index (χ2n) is 5.98. The van der Waals surface area contributed by atoms with E-state index in [2.05, 4.69) is 0 Å². The van der Waals surface area contributed by atoms with Crippen molar-refractivity contribution in [3.8, 4) is 11.3 Å². The molecule has 0 unspecified atom stereocenters. The standard InChI is InChI=1S/C20H11ClN2O4S2/c21-16-10-13(23(25)26)6-8-15(16)17-9-7-14(27-17)11-18-19(24)22(20(28)29-18)12-4-2-1-3-5-12/h1-11H. The third-order valence-electron chi connectivity index (χ3n) is 4.14. The van der Waals surface area contributed by atoms with Crippen LogP contribution in [0.25, 0.3) is 17.4 Å². The number of benzene rings is 2. The fourth-order valence-corrected chi connectivity index (χ4v) is 4.34. The maximum atomic E-state index is 12.8. The zero-order valence-corrected chi connectivity index (χ0v) is 17.0. The van der Waals surface area contributed by atoms with Gasteiger partial charge in [0.1, 0.15) is 11.5 Å². The first-order valence-electron chi connectivity index (χ1n) is 8.31. The molecule has 0 N–H and O–H groups in total. The molecule has 0 atom stereocenters. The van der Waals surface area contributed by atoms with E-state index in [9.17, 15) is 14.9 Å². The molecule has 29 heavy (non-hydrogen) atoms. The van der Waals surface area contributed by atoms with Crippen molar-refractivity contribution in [2.24, 2.45) is 0 Å². The summed E-state index contributed by atoms with van der Waals surface area (Å²) in [6.07, 6.45) is 1.62. The van der Waals surface area contributed by atoms with Gasteiger partial charge >= 0.3 is 0 Å². The van der Waals surface area contributed by atoms with Gasteiger partial charge in [-0.2, -0.15) is 0 Å². The van der Waals surface area contributed by atoms with E-state index >= 15 is 0 Å². The van der Waals surface area contributed by atoms with Gasteiger partial charge in [-0.25, -0.2) is 0 Å². The molecule has 1 amide bonds. The second-order valence-corrected chi connectivity index (χ2v) is 8.06. The number of rotatable bonds is 4. The molecule has 0 saturated carbocycles. The largest absolute Gasteiger partial charge is 0.457 e. The zero-order valence-electron chi connectivity index (χ0n) is 14.6. The van der Waals surface area contributed by atoms with E-state index < -0.39 is 4.92 Å². The smallest absolute Gasteiger partial charge is 0.270 e. The minimum absolute atomic E-state index is 0.102. The molecule has 0 aliphatic carbocycles. The number of carbonyl (C=O) groups excluding carboxylic acids is 1. The Labute approximate surface area is 179 Å². The summed E-state index contributed by atoms with van der Waals surface area (Å²) in [7, 11) is 0. The van der Waals surface area contributed by atoms with Crippen LogP contribution in [0.15, 0.2) is 70.0 Å². The molecule has 6 nitrogen and oxygen atoms in total. The van der Waals surface area contributed by atoms with Crippen molar-refractivity contribution in [1.82, 2.24) is 0 Å². The van der Waals surface area contributed by atoms with Crippen molar-refractivity contribution in [1.29, 1.82) is 0 Å². The first-order valence-corrected chi connectivity index (χ1v) is 9.91. The van der Waals surface area contributed by atoms with Crippen molar-refractivity contribution >= 4 is 63.3 Å². The summed E-state index contributed by atoms with van der Waals surface area (Å²) in [5, 5.41) is 11.1. The highest BCUT2D eigenvalue weighted by Gasteiger charge is 2.33. The fourth-order valence-electron chi connectivity index (χ4n) is 2.79. The number of nitrogens with zero attached hydrogens (tertiary/aromatic N) is 2. The lowest BCUT2D eigenvalue weighted by Crippen LogP contribution is -2.27. The molecule has 1 aromatic heterocycles. The Morgan fingerprint density at radius 1 is 1.14 bits per heavy atom. The maximum absolute atomic E-state index is 12.8. The number of nitro groups is 1. The average molecular weight is 443 g/mol. The van der Waals surface area contributed by atoms with E-state index in [1.165, 1.54) is 34.9 Å². The second kappa shape index (κ2) is 7.82. The molecule has 3 aromatic rings. The Morgan fingerprint density at radius 3 is 2.59 bits per heavy atom. The van der Waals surface area contributed by atoms with Gasteiger partial charge in [0.2, 0.25) is 0 Å². The molecule has 144 valence electrons. The number of hydrogen-bond donors (Lipinski definition) is 0. The summed E-state index contributed by atoms with van der Waals surface area (Å²) < 4.78 is 6.22. The zero-order chi connectivity index (χ0) is 20.5. The molecule has 1 aliphatic heterocycles. The molecule has 2 aromatic carbocycles. The molecule has 1 aliphatic rings. The normalized spacial score (nSPS) is 15.3. The van der Waals surface area contributed by atoms with Gasteiger partial charge in [-0.15, -0.1) is 0 Å². The number of anilines is 1. The Bertz CT molecular complexity index is 1170. The fraction of sp³-hybridized carbons (Fsp3) is 0. The Balaban J connectivity index is 1.61. The van der Waals surface area contributed by atoms with Gasteiger partial charge in [0.05, 0.1) is 20.5 Å². The van der Waals surface area contributed by atoms with Crippen molar-refractivity contribution in [3.05, 3.63) is 86.5 Å². The van der Waals surface area contributed by atoms with Gasteiger partial charge in [0.25, 0.3) is 11.6 Å². The maximum Gasteiger partial charge on any atom is 0.270 e. The van der Waals surface area contributed by atoms with Crippen molar-refractivity contribution < 1.29 is 14.1 Å². The lowest BCUT2D eigenvalue weighted by atomic mass is 10.1. The summed E-state index contributed by atoms with van der Waals surface area (Å²) in [4.78, 5) is 25.0. The van der Waals surface area contributed by atoms with Crippen LogP contribution in [0.5, 0.6) is 0 Å². The summed E-state index contributed by atoms with van der Waals surface area (Å²) in [6.45, 7) is 0. The van der Waals surface area contributed by atoms with E-state index in [4.69, 9.17) is 28.2 Å². The summed E-state index contributed by atoms with van der Waals surface area (Å²) >= 11 is 12.7. The number of amides is 1. The number of carbonyl (C=O) groups is 1. The molecule has 9 heteroatoms. The number of non-ortho nitro benzene ring substituents is 1. The third kappa shape index (κ3) is 3.82. The van der Waals surface area contributed by atoms with Crippen LogP contribution >= 0.6 is 35.6 Å². The van der Waals surface area contributed by atoms with E-state index in [1.54, 1.807) is 18.2 Å². The lowest BCUT2D eigenvalue weighted by molar-refractivity contribution is -0.384. The van der Waals surface area contributed by atoms with Gasteiger partial charge in [-0.05, 0) is 30.3 Å². The highest BCUT2D eigenvalue weighted by atomic mass is 35.5. The van der Waals surface area contributed by atoms with Crippen LogP contribution in [0.4, 0.5) is 11.4 Å². The number of para-hydroxylation sites is 1. The molecule has 0 bridgehead atoms. The Morgan fingerprint density at radius 2 is 1.90 bits per heavy atom. The predicted octanol–water partition coefficient (Wildman–Crippen LogP) is 5.91. The number of thioether (sulfide) groups is 1. The monoisotopic (exact) mass is 442 g/mol. The van der Waals surface area contributed by atoms with Gasteiger partial charge in [-0.1, -0.05) is 53.8 Å². The SMILES string of the molecule is O=C1C(=Cc2ccc(-c3ccc([N+](=O)[O-])cc3Cl)o2)SC(=S)N1c1ccccc1. The highest BCUT2D eigenvalue weighted by molar-refractivity contribution is 8.27. The highest BCUT2D eigenvalue weighted by Crippen LogP contribution is 2.37. The van der Waals surface area contributed by atoms with Crippen molar-refractivity contribution in [2.45, 2.75) is 0 Å². The first kappa shape index (κ1) is 19.4. The first-order chi connectivity index (χ1) is 13.9. The van der Waals surface area contributed by atoms with Crippen LogP contribution in [0.1, 0.15) is 5.76 Å². The van der Waals surface area contributed by atoms with Crippen molar-refractivity contribution in [2.75, 3.05) is 4.90 Å². The average Bonchev–Trinajstić information content (AvgIpc) is 3.27. The molecular weight excluding hydrogens is 432 g/mol. The number of hydrogen-bond acceptors (Lipinski definition) is 6. The Kier molecular flexibility index (Phi) is 5.23. The van der Waals surface area contributed by atoms with E-state index in [0.29, 0.717) is 32.0 Å². The third-order valence-corrected chi connectivity index (χ3v) is 5.75. The lowest BCUT2D eigenvalue weighted by Gasteiger charge is -2.13. The van der Waals surface area contributed by atoms with E-state index in [-0.39, 0.29) is 16.6 Å². The molecule has 0 radical (unpaired) electrons. The number of furan rings is 1. The van der Waals surface area contributed by atoms with E-state index in [0.717, 1.165) is 0 Å². The van der Waals surface area contributed by atoms with Crippen LogP contribution in [-0.2, 0) is 4.79 Å². The molecular formula is C20H11ClN2O4S2. The van der Waals surface area contributed by atoms with Crippen molar-refractivity contribution in [3.63, 3.8) is 0 Å². The quantitative estimate of drug-likeness (QED) is 0.216.